The van der Waals surface area contributed by atoms with Gasteiger partial charge in [0.05, 0.1) is 7.11 Å². The number of rotatable bonds is 6. The van der Waals surface area contributed by atoms with Crippen LogP contribution < -0.4 is 4.74 Å². The predicted molar refractivity (Wildman–Crippen MR) is 96.9 cm³/mol. The second kappa shape index (κ2) is 7.85. The molecule has 0 saturated carbocycles. The number of aliphatic carboxylic acids is 1. The topological polar surface area (TPSA) is 59.0 Å². The maximum absolute atomic E-state index is 11.8. The summed E-state index contributed by atoms with van der Waals surface area (Å²) >= 11 is 0. The Balaban J connectivity index is 1.77. The van der Waals surface area contributed by atoms with E-state index < -0.39 is 12.0 Å². The molecule has 1 aliphatic heterocycles. The Morgan fingerprint density at radius 1 is 1.24 bits per heavy atom. The van der Waals surface area contributed by atoms with Crippen molar-refractivity contribution in [3.8, 4) is 5.75 Å². The minimum atomic E-state index is -0.750. The van der Waals surface area contributed by atoms with E-state index in [0.29, 0.717) is 19.8 Å². The number of likely N-dealkylation sites (N-methyl/N-ethyl adjacent to an activating group) is 1. The van der Waals surface area contributed by atoms with Crippen LogP contribution in [0.5, 0.6) is 5.75 Å². The number of fused-ring (bicyclic) bond motifs is 1. The Bertz CT molecular complexity index is 740. The molecule has 5 nitrogen and oxygen atoms in total. The molecular formula is C20H25NO4. The second-order valence-electron chi connectivity index (χ2n) is 6.70. The Labute approximate surface area is 148 Å². The normalized spacial score (nSPS) is 16.9. The van der Waals surface area contributed by atoms with Crippen molar-refractivity contribution in [3.63, 3.8) is 0 Å². The lowest BCUT2D eigenvalue weighted by Gasteiger charge is -2.33. The summed E-state index contributed by atoms with van der Waals surface area (Å²) in [5.41, 5.74) is 1.11. The maximum atomic E-state index is 11.8. The van der Waals surface area contributed by atoms with Gasteiger partial charge in [-0.3, -0.25) is 9.69 Å². The fraction of sp³-hybridized carbons (Fsp3) is 0.450. The number of hydrogen-bond acceptors (Lipinski definition) is 4. The van der Waals surface area contributed by atoms with Crippen molar-refractivity contribution in [1.82, 2.24) is 4.90 Å². The lowest BCUT2D eigenvalue weighted by molar-refractivity contribution is -0.146. The number of carbonyl (C=O) groups is 1. The standard InChI is InChI=1S/C20H25NO4/c1-21(19(20(22)23)15-7-9-25-10-8-15)13-14-3-4-17-12-18(24-2)6-5-16(17)11-14/h3-6,11-12,15,19H,7-10,13H2,1-2H3,(H,22,23). The van der Waals surface area contributed by atoms with E-state index in [4.69, 9.17) is 9.47 Å². The van der Waals surface area contributed by atoms with Gasteiger partial charge in [-0.2, -0.15) is 0 Å². The van der Waals surface area contributed by atoms with Crippen LogP contribution in [-0.4, -0.2) is 49.4 Å². The first-order valence-electron chi connectivity index (χ1n) is 8.66. The van der Waals surface area contributed by atoms with Crippen molar-refractivity contribution in [1.29, 1.82) is 0 Å². The first-order valence-corrected chi connectivity index (χ1v) is 8.66. The van der Waals surface area contributed by atoms with Crippen LogP contribution in [0.15, 0.2) is 36.4 Å². The lowest BCUT2D eigenvalue weighted by atomic mass is 9.90. The molecule has 2 aromatic rings. The van der Waals surface area contributed by atoms with E-state index in [-0.39, 0.29) is 5.92 Å². The summed E-state index contributed by atoms with van der Waals surface area (Å²) in [4.78, 5) is 13.8. The van der Waals surface area contributed by atoms with Gasteiger partial charge < -0.3 is 14.6 Å². The van der Waals surface area contributed by atoms with Gasteiger partial charge in [-0.25, -0.2) is 0 Å². The molecule has 25 heavy (non-hydrogen) atoms. The van der Waals surface area contributed by atoms with Crippen LogP contribution in [-0.2, 0) is 16.1 Å². The van der Waals surface area contributed by atoms with Crippen molar-refractivity contribution in [2.45, 2.75) is 25.4 Å². The van der Waals surface area contributed by atoms with Crippen molar-refractivity contribution < 1.29 is 19.4 Å². The zero-order chi connectivity index (χ0) is 17.8. The average molecular weight is 343 g/mol. The summed E-state index contributed by atoms with van der Waals surface area (Å²) in [5.74, 6) is 0.226. The molecule has 0 aliphatic carbocycles. The summed E-state index contributed by atoms with van der Waals surface area (Å²) in [5, 5.41) is 12.0. The molecule has 0 bridgehead atoms. The quantitative estimate of drug-likeness (QED) is 0.873. The summed E-state index contributed by atoms with van der Waals surface area (Å²) in [6.07, 6.45) is 1.61. The number of benzene rings is 2. The molecule has 0 amide bonds. The Morgan fingerprint density at radius 2 is 1.92 bits per heavy atom. The molecule has 1 heterocycles. The highest BCUT2D eigenvalue weighted by Gasteiger charge is 2.32. The predicted octanol–water partition coefficient (Wildman–Crippen LogP) is 3.16. The van der Waals surface area contributed by atoms with Gasteiger partial charge in [-0.1, -0.05) is 18.2 Å². The number of carboxylic acids is 1. The van der Waals surface area contributed by atoms with Crippen LogP contribution in [0.2, 0.25) is 0 Å². The first-order chi connectivity index (χ1) is 12.1. The first kappa shape index (κ1) is 17.7. The Morgan fingerprint density at radius 3 is 2.60 bits per heavy atom. The maximum Gasteiger partial charge on any atom is 0.321 e. The largest absolute Gasteiger partial charge is 0.497 e. The van der Waals surface area contributed by atoms with Gasteiger partial charge in [0.2, 0.25) is 0 Å². The number of ether oxygens (including phenoxy) is 2. The van der Waals surface area contributed by atoms with Crippen LogP contribution in [0.4, 0.5) is 0 Å². The molecule has 0 aromatic heterocycles. The van der Waals surface area contributed by atoms with E-state index in [1.807, 2.05) is 30.1 Å². The fourth-order valence-electron chi connectivity index (χ4n) is 3.67. The van der Waals surface area contributed by atoms with Gasteiger partial charge in [-0.15, -0.1) is 0 Å². The minimum Gasteiger partial charge on any atom is -0.497 e. The number of hydrogen-bond donors (Lipinski definition) is 1. The smallest absolute Gasteiger partial charge is 0.321 e. The van der Waals surface area contributed by atoms with Crippen molar-refractivity contribution in [3.05, 3.63) is 42.0 Å². The molecule has 1 atom stereocenters. The van der Waals surface area contributed by atoms with Gasteiger partial charge >= 0.3 is 5.97 Å². The van der Waals surface area contributed by atoms with Gasteiger partial charge in [-0.05, 0) is 60.3 Å². The third kappa shape index (κ3) is 4.11. The van der Waals surface area contributed by atoms with Crippen LogP contribution in [0, 0.1) is 5.92 Å². The van der Waals surface area contributed by atoms with Crippen molar-refractivity contribution in [2.24, 2.45) is 5.92 Å². The zero-order valence-corrected chi connectivity index (χ0v) is 14.8. The molecule has 5 heteroatoms. The van der Waals surface area contributed by atoms with Crippen LogP contribution in [0.3, 0.4) is 0 Å². The average Bonchev–Trinajstić information content (AvgIpc) is 2.62. The Kier molecular flexibility index (Phi) is 5.56. The summed E-state index contributed by atoms with van der Waals surface area (Å²) in [6.45, 7) is 1.91. The van der Waals surface area contributed by atoms with E-state index in [1.54, 1.807) is 7.11 Å². The highest BCUT2D eigenvalue weighted by atomic mass is 16.5. The number of carboxylic acid groups (broad SMARTS) is 1. The monoisotopic (exact) mass is 343 g/mol. The summed E-state index contributed by atoms with van der Waals surface area (Å²) in [7, 11) is 3.55. The zero-order valence-electron chi connectivity index (χ0n) is 14.8. The molecule has 0 radical (unpaired) electrons. The van der Waals surface area contributed by atoms with Crippen LogP contribution in [0.25, 0.3) is 10.8 Å². The highest BCUT2D eigenvalue weighted by Crippen LogP contribution is 2.26. The molecule has 3 rings (SSSR count). The van der Waals surface area contributed by atoms with E-state index >= 15 is 0 Å². The minimum absolute atomic E-state index is 0.140. The summed E-state index contributed by atoms with van der Waals surface area (Å²) < 4.78 is 10.6. The number of methoxy groups -OCH3 is 1. The number of nitrogens with zero attached hydrogens (tertiary/aromatic N) is 1. The lowest BCUT2D eigenvalue weighted by Crippen LogP contribution is -2.45. The molecule has 2 aromatic carbocycles. The molecule has 1 unspecified atom stereocenters. The fourth-order valence-corrected chi connectivity index (χ4v) is 3.67. The van der Waals surface area contributed by atoms with Gasteiger partial charge in [0.15, 0.2) is 0 Å². The molecule has 0 spiro atoms. The Hall–Kier alpha value is -2.11. The van der Waals surface area contributed by atoms with E-state index in [1.165, 1.54) is 0 Å². The SMILES string of the molecule is COc1ccc2cc(CN(C)C(C(=O)O)C3CCOCC3)ccc2c1. The third-order valence-corrected chi connectivity index (χ3v) is 4.98. The molecule has 1 fully saturated rings. The van der Waals surface area contributed by atoms with Crippen LogP contribution >= 0.6 is 0 Å². The highest BCUT2D eigenvalue weighted by molar-refractivity contribution is 5.84. The molecule has 134 valence electrons. The van der Waals surface area contributed by atoms with Gasteiger partial charge in [0.1, 0.15) is 11.8 Å². The van der Waals surface area contributed by atoms with Gasteiger partial charge in [0.25, 0.3) is 0 Å². The van der Waals surface area contributed by atoms with E-state index in [9.17, 15) is 9.90 Å². The van der Waals surface area contributed by atoms with E-state index in [2.05, 4.69) is 18.2 Å². The van der Waals surface area contributed by atoms with Crippen molar-refractivity contribution in [2.75, 3.05) is 27.4 Å². The van der Waals surface area contributed by atoms with E-state index in [0.717, 1.165) is 34.9 Å². The molecule has 1 saturated heterocycles. The van der Waals surface area contributed by atoms with Crippen molar-refractivity contribution >= 4 is 16.7 Å². The second-order valence-corrected chi connectivity index (χ2v) is 6.70. The van der Waals surface area contributed by atoms with Crippen LogP contribution in [0.1, 0.15) is 18.4 Å². The molecular weight excluding hydrogens is 318 g/mol. The summed E-state index contributed by atoms with van der Waals surface area (Å²) in [6, 6.07) is 11.7. The third-order valence-electron chi connectivity index (χ3n) is 4.98. The molecule has 1 N–H and O–H groups in total. The molecule has 1 aliphatic rings. The van der Waals surface area contributed by atoms with Gasteiger partial charge in [0, 0.05) is 19.8 Å².